The molecule has 0 aliphatic carbocycles. The van der Waals surface area contributed by atoms with Crippen molar-refractivity contribution >= 4 is 0 Å². The van der Waals surface area contributed by atoms with Gasteiger partial charge in [-0.1, -0.05) is 6.92 Å². The molecule has 0 aromatic carbocycles. The monoisotopic (exact) mass is 98.1 g/mol. The maximum atomic E-state index is 9.33. The molecule has 0 aromatic rings. The highest BCUT2D eigenvalue weighted by Gasteiger charge is 1.36. The number of allylic oxidation sites excluding steroid dienone is 1. The van der Waals surface area contributed by atoms with Crippen molar-refractivity contribution in [3.05, 3.63) is 12.3 Å². The van der Waals surface area contributed by atoms with Gasteiger partial charge in [-0.2, -0.15) is 5.26 Å². The molecule has 0 heterocycles. The summed E-state index contributed by atoms with van der Waals surface area (Å²) in [5.41, 5.74) is 0. The SMILES string of the molecule is C=C(C)[O-].CC#N. The third-order valence-electron chi connectivity index (χ3n) is 0. The molecule has 7 heavy (non-hydrogen) atoms. The molecule has 0 bridgehead atoms. The number of hydrogen-bond donors (Lipinski definition) is 0. The van der Waals surface area contributed by atoms with E-state index in [4.69, 9.17) is 5.26 Å². The molecule has 0 aromatic heterocycles. The van der Waals surface area contributed by atoms with Crippen LogP contribution in [-0.2, 0) is 0 Å². The zero-order valence-corrected chi connectivity index (χ0v) is 4.56. The average Bonchev–Trinajstić information content (AvgIpc) is 1.33. The van der Waals surface area contributed by atoms with E-state index in [0.717, 1.165) is 0 Å². The fraction of sp³-hybridized carbons (Fsp3) is 0.400. The Hall–Kier alpha value is -0.970. The lowest BCUT2D eigenvalue weighted by Crippen LogP contribution is -1.92. The first-order chi connectivity index (χ1) is 3.15. The molecule has 0 saturated heterocycles. The molecule has 0 radical (unpaired) electrons. The van der Waals surface area contributed by atoms with Crippen molar-refractivity contribution in [3.8, 4) is 6.07 Å². The summed E-state index contributed by atoms with van der Waals surface area (Å²) in [4.78, 5) is 0. The van der Waals surface area contributed by atoms with Gasteiger partial charge in [-0.05, 0) is 0 Å². The highest BCUT2D eigenvalue weighted by atomic mass is 16.3. The Morgan fingerprint density at radius 3 is 1.86 bits per heavy atom. The van der Waals surface area contributed by atoms with Crippen LogP contribution in [0.3, 0.4) is 0 Å². The van der Waals surface area contributed by atoms with Gasteiger partial charge in [-0.15, -0.1) is 12.3 Å². The van der Waals surface area contributed by atoms with Crippen LogP contribution in [0.4, 0.5) is 0 Å². The molecule has 0 aliphatic rings. The molecule has 0 spiro atoms. The zero-order chi connectivity index (χ0) is 6.28. The summed E-state index contributed by atoms with van der Waals surface area (Å²) in [5.74, 6) is -0.0833. The van der Waals surface area contributed by atoms with Crippen LogP contribution >= 0.6 is 0 Å². The van der Waals surface area contributed by atoms with Crippen molar-refractivity contribution in [1.82, 2.24) is 0 Å². The van der Waals surface area contributed by atoms with E-state index in [0.29, 0.717) is 0 Å². The molecule has 0 aliphatic heterocycles. The average molecular weight is 98.1 g/mol. The van der Waals surface area contributed by atoms with Gasteiger partial charge in [0.05, 0.1) is 6.07 Å². The van der Waals surface area contributed by atoms with E-state index >= 15 is 0 Å². The predicted molar refractivity (Wildman–Crippen MR) is 26.1 cm³/mol. The van der Waals surface area contributed by atoms with Crippen LogP contribution < -0.4 is 5.11 Å². The first kappa shape index (κ1) is 9.39. The highest BCUT2D eigenvalue weighted by molar-refractivity contribution is 4.64. The van der Waals surface area contributed by atoms with E-state index in [9.17, 15) is 5.11 Å². The quantitative estimate of drug-likeness (QED) is 0.412. The van der Waals surface area contributed by atoms with Crippen LogP contribution in [-0.4, -0.2) is 0 Å². The van der Waals surface area contributed by atoms with E-state index in [1.807, 2.05) is 0 Å². The van der Waals surface area contributed by atoms with Crippen LogP contribution in [0.25, 0.3) is 0 Å². The van der Waals surface area contributed by atoms with Crippen LogP contribution in [0, 0.1) is 11.3 Å². The Labute approximate surface area is 43.7 Å². The molecular weight excluding hydrogens is 90.1 g/mol. The standard InChI is InChI=1S/C3H6O.C2H3N/c1-3(2)4;1-2-3/h4H,1H2,2H3;1H3/p-1. The second-order valence-corrected chi connectivity index (χ2v) is 0.926. The van der Waals surface area contributed by atoms with Gasteiger partial charge in [0.25, 0.3) is 0 Å². The van der Waals surface area contributed by atoms with Gasteiger partial charge in [0, 0.05) is 6.92 Å². The first-order valence-corrected chi connectivity index (χ1v) is 1.78. The van der Waals surface area contributed by atoms with Gasteiger partial charge in [0.2, 0.25) is 0 Å². The van der Waals surface area contributed by atoms with E-state index in [1.165, 1.54) is 13.8 Å². The normalized spacial score (nSPS) is 4.71. The number of nitriles is 1. The third-order valence-corrected chi connectivity index (χ3v) is 0. The fourth-order valence-corrected chi connectivity index (χ4v) is 0. The van der Waals surface area contributed by atoms with Crippen molar-refractivity contribution in [1.29, 1.82) is 5.26 Å². The van der Waals surface area contributed by atoms with Gasteiger partial charge in [0.1, 0.15) is 0 Å². The second kappa shape index (κ2) is 8.90. The Morgan fingerprint density at radius 1 is 1.86 bits per heavy atom. The number of rotatable bonds is 0. The van der Waals surface area contributed by atoms with Crippen LogP contribution in [0.1, 0.15) is 13.8 Å². The first-order valence-electron chi connectivity index (χ1n) is 1.78. The minimum atomic E-state index is -0.0833. The molecule has 2 nitrogen and oxygen atoms in total. The fourth-order valence-electron chi connectivity index (χ4n) is 0. The van der Waals surface area contributed by atoms with E-state index in [2.05, 4.69) is 6.58 Å². The minimum Gasteiger partial charge on any atom is -0.876 e. The Kier molecular flexibility index (Phi) is 11.9. The molecule has 0 rings (SSSR count). The van der Waals surface area contributed by atoms with Gasteiger partial charge >= 0.3 is 0 Å². The van der Waals surface area contributed by atoms with Crippen LogP contribution in [0.15, 0.2) is 12.3 Å². The lowest BCUT2D eigenvalue weighted by molar-refractivity contribution is -0.300. The molecule has 2 heteroatoms. The number of hydrogen-bond acceptors (Lipinski definition) is 2. The zero-order valence-electron chi connectivity index (χ0n) is 4.56. The van der Waals surface area contributed by atoms with E-state index < -0.39 is 0 Å². The number of nitrogens with zero attached hydrogens (tertiary/aromatic N) is 1. The molecule has 0 amide bonds. The van der Waals surface area contributed by atoms with Gasteiger partial charge in [-0.3, -0.25) is 0 Å². The maximum absolute atomic E-state index is 9.33. The van der Waals surface area contributed by atoms with Crippen molar-refractivity contribution < 1.29 is 5.11 Å². The molecule has 40 valence electrons. The molecule has 0 unspecified atom stereocenters. The summed E-state index contributed by atoms with van der Waals surface area (Å²) in [5, 5.41) is 16.7. The summed E-state index contributed by atoms with van der Waals surface area (Å²) in [6.07, 6.45) is 0. The summed E-state index contributed by atoms with van der Waals surface area (Å²) < 4.78 is 0. The van der Waals surface area contributed by atoms with Crippen molar-refractivity contribution in [2.24, 2.45) is 0 Å². The van der Waals surface area contributed by atoms with Gasteiger partial charge in [-0.25, -0.2) is 0 Å². The van der Waals surface area contributed by atoms with Crippen LogP contribution in [0.5, 0.6) is 0 Å². The largest absolute Gasteiger partial charge is 0.876 e. The van der Waals surface area contributed by atoms with Crippen molar-refractivity contribution in [2.45, 2.75) is 13.8 Å². The predicted octanol–water partition coefficient (Wildman–Crippen LogP) is 0.410. The lowest BCUT2D eigenvalue weighted by atomic mass is 10.7. The Bertz CT molecular complexity index is 76.6. The molecular formula is C5H8NO-. The topological polar surface area (TPSA) is 46.8 Å². The molecule has 0 N–H and O–H groups in total. The molecule has 0 saturated carbocycles. The van der Waals surface area contributed by atoms with Crippen molar-refractivity contribution in [3.63, 3.8) is 0 Å². The van der Waals surface area contributed by atoms with Gasteiger partial charge in [0.15, 0.2) is 0 Å². The summed E-state index contributed by atoms with van der Waals surface area (Å²) >= 11 is 0. The lowest BCUT2D eigenvalue weighted by Gasteiger charge is -1.92. The smallest absolute Gasteiger partial charge is 0.0587 e. The second-order valence-electron chi connectivity index (χ2n) is 0.926. The van der Waals surface area contributed by atoms with Gasteiger partial charge < -0.3 is 5.11 Å². The summed E-state index contributed by atoms with van der Waals surface area (Å²) in [6.45, 7) is 5.85. The highest BCUT2D eigenvalue weighted by Crippen LogP contribution is 1.57. The van der Waals surface area contributed by atoms with Crippen molar-refractivity contribution in [2.75, 3.05) is 0 Å². The third kappa shape index (κ3) is 49.1. The molecule has 0 atom stereocenters. The Morgan fingerprint density at radius 2 is 1.86 bits per heavy atom. The van der Waals surface area contributed by atoms with E-state index in [-0.39, 0.29) is 5.76 Å². The summed E-state index contributed by atoms with van der Waals surface area (Å²) in [6, 6.07) is 1.75. The maximum Gasteiger partial charge on any atom is 0.0587 e. The summed E-state index contributed by atoms with van der Waals surface area (Å²) in [7, 11) is 0. The van der Waals surface area contributed by atoms with E-state index in [1.54, 1.807) is 6.07 Å². The van der Waals surface area contributed by atoms with Crippen LogP contribution in [0.2, 0.25) is 0 Å². The molecule has 0 fully saturated rings. The minimum absolute atomic E-state index is 0.0833. The Balaban J connectivity index is 0.